The third kappa shape index (κ3) is 15.5. The first-order chi connectivity index (χ1) is 13.8. The van der Waals surface area contributed by atoms with Crippen LogP contribution in [0.25, 0.3) is 0 Å². The number of hydrogen-bond donors (Lipinski definition) is 4. The molecule has 0 rings (SSSR count). The van der Waals surface area contributed by atoms with E-state index in [2.05, 4.69) is 51.3 Å². The van der Waals surface area contributed by atoms with Crippen LogP contribution in [0.3, 0.4) is 0 Å². The molecule has 0 radical (unpaired) electrons. The molecule has 0 aliphatic heterocycles. The van der Waals surface area contributed by atoms with Gasteiger partial charge in [0.2, 0.25) is 0 Å². The largest absolute Gasteiger partial charge is 0.393 e. The van der Waals surface area contributed by atoms with Crippen molar-refractivity contribution >= 4 is 0 Å². The van der Waals surface area contributed by atoms with Crippen LogP contribution in [0.2, 0.25) is 0 Å². The fourth-order valence-electron chi connectivity index (χ4n) is 2.90. The second-order valence-electron chi connectivity index (χ2n) is 9.58. The van der Waals surface area contributed by atoms with Gasteiger partial charge in [0.25, 0.3) is 0 Å². The highest BCUT2D eigenvalue weighted by Crippen LogP contribution is 2.11. The number of aliphatic hydroxyl groups excluding tert-OH is 4. The molecule has 8 atom stereocenters. The van der Waals surface area contributed by atoms with E-state index in [1.54, 1.807) is 0 Å². The van der Waals surface area contributed by atoms with Crippen molar-refractivity contribution in [1.82, 2.24) is 9.80 Å². The summed E-state index contributed by atoms with van der Waals surface area (Å²) < 4.78 is 0. The van der Waals surface area contributed by atoms with Crippen LogP contribution in [0.1, 0.15) is 69.2 Å². The van der Waals surface area contributed by atoms with Crippen molar-refractivity contribution in [2.24, 2.45) is 23.7 Å². The van der Waals surface area contributed by atoms with E-state index in [9.17, 15) is 20.4 Å². The smallest absolute Gasteiger partial charge is 0.0549 e. The number of rotatable bonds is 14. The van der Waals surface area contributed by atoms with Gasteiger partial charge < -0.3 is 30.2 Å². The van der Waals surface area contributed by atoms with Crippen molar-refractivity contribution in [2.45, 2.75) is 93.7 Å². The van der Waals surface area contributed by atoms with Crippen LogP contribution < -0.4 is 0 Å². The predicted octanol–water partition coefficient (Wildman–Crippen LogP) is 2.68. The van der Waals surface area contributed by atoms with E-state index in [-0.39, 0.29) is 48.1 Å². The molecule has 0 saturated heterocycles. The summed E-state index contributed by atoms with van der Waals surface area (Å²) in [7, 11) is 0. The van der Waals surface area contributed by atoms with Gasteiger partial charge in [-0.15, -0.1) is 0 Å². The van der Waals surface area contributed by atoms with Gasteiger partial charge in [-0.05, 0) is 64.5 Å². The summed E-state index contributed by atoms with van der Waals surface area (Å²) in [5.41, 5.74) is 0. The van der Waals surface area contributed by atoms with E-state index >= 15 is 0 Å². The monoisotopic (exact) mass is 434 g/mol. The SMILES string of the molecule is CCN(CC(C)C(C)O)CC(C)C(C)O.CCN(CC(C)C(C)O)CC(C)C(C)O. The van der Waals surface area contributed by atoms with Crippen LogP contribution in [0.5, 0.6) is 0 Å². The van der Waals surface area contributed by atoms with Gasteiger partial charge in [-0.2, -0.15) is 0 Å². The summed E-state index contributed by atoms with van der Waals surface area (Å²) in [4.78, 5) is 4.57. The summed E-state index contributed by atoms with van der Waals surface area (Å²) >= 11 is 0. The first kappa shape index (κ1) is 31.9. The lowest BCUT2D eigenvalue weighted by Gasteiger charge is -2.29. The molecule has 8 unspecified atom stereocenters. The van der Waals surface area contributed by atoms with Crippen molar-refractivity contribution in [3.8, 4) is 0 Å². The van der Waals surface area contributed by atoms with Crippen molar-refractivity contribution in [3.63, 3.8) is 0 Å². The third-order valence-electron chi connectivity index (χ3n) is 6.37. The second kappa shape index (κ2) is 17.3. The maximum Gasteiger partial charge on any atom is 0.0549 e. The van der Waals surface area contributed by atoms with Gasteiger partial charge in [0.15, 0.2) is 0 Å². The van der Waals surface area contributed by atoms with E-state index in [0.29, 0.717) is 0 Å². The second-order valence-corrected chi connectivity index (χ2v) is 9.58. The quantitative estimate of drug-likeness (QED) is 0.336. The Labute approximate surface area is 187 Å². The minimum Gasteiger partial charge on any atom is -0.393 e. The molecule has 0 aromatic rings. The van der Waals surface area contributed by atoms with E-state index in [0.717, 1.165) is 39.3 Å². The molecule has 30 heavy (non-hydrogen) atoms. The summed E-state index contributed by atoms with van der Waals surface area (Å²) in [5, 5.41) is 37.7. The summed E-state index contributed by atoms with van der Waals surface area (Å²) in [5.74, 6) is 1.13. The summed E-state index contributed by atoms with van der Waals surface area (Å²) in [6.07, 6.45) is -1.05. The fourth-order valence-corrected chi connectivity index (χ4v) is 2.90. The molecule has 0 aromatic heterocycles. The average Bonchev–Trinajstić information content (AvgIpc) is 2.66. The van der Waals surface area contributed by atoms with Crippen LogP contribution in [0.15, 0.2) is 0 Å². The normalized spacial score (nSPS) is 20.0. The zero-order valence-corrected chi connectivity index (χ0v) is 21.5. The number of nitrogens with zero attached hydrogens (tertiary/aromatic N) is 2. The van der Waals surface area contributed by atoms with Crippen LogP contribution in [0, 0.1) is 23.7 Å². The Morgan fingerprint density at radius 3 is 0.700 bits per heavy atom. The van der Waals surface area contributed by atoms with Crippen LogP contribution >= 0.6 is 0 Å². The molecule has 0 aliphatic rings. The zero-order valence-electron chi connectivity index (χ0n) is 21.5. The molecular weight excluding hydrogens is 380 g/mol. The Kier molecular flexibility index (Phi) is 18.5. The zero-order chi connectivity index (χ0) is 24.0. The third-order valence-corrected chi connectivity index (χ3v) is 6.37. The van der Waals surface area contributed by atoms with E-state index < -0.39 is 0 Å². The molecular formula is C24H54N2O4. The molecule has 184 valence electrons. The molecule has 0 aromatic carbocycles. The highest BCUT2D eigenvalue weighted by Gasteiger charge is 2.18. The number of hydrogen-bond acceptors (Lipinski definition) is 6. The molecule has 0 aliphatic carbocycles. The minimum absolute atomic E-state index is 0.263. The summed E-state index contributed by atoms with van der Waals surface area (Å²) in [6, 6.07) is 0. The maximum absolute atomic E-state index is 9.43. The molecule has 0 saturated carbocycles. The van der Waals surface area contributed by atoms with Gasteiger partial charge in [0.1, 0.15) is 0 Å². The Morgan fingerprint density at radius 1 is 0.433 bits per heavy atom. The van der Waals surface area contributed by atoms with Crippen LogP contribution in [0.4, 0.5) is 0 Å². The summed E-state index contributed by atoms with van der Waals surface area (Å²) in [6.45, 7) is 25.3. The van der Waals surface area contributed by atoms with Crippen LogP contribution in [-0.2, 0) is 0 Å². The molecule has 6 heteroatoms. The maximum atomic E-state index is 9.43. The molecule has 0 amide bonds. The molecule has 0 bridgehead atoms. The topological polar surface area (TPSA) is 87.4 Å². The van der Waals surface area contributed by atoms with E-state index in [1.165, 1.54) is 0 Å². The molecule has 4 N–H and O–H groups in total. The standard InChI is InChI=1S/2C12H27NO2/c2*1-6-13(7-9(2)11(4)14)8-10(3)12(5)15/h2*9-12,14-15H,6-8H2,1-5H3. The van der Waals surface area contributed by atoms with Gasteiger partial charge in [0, 0.05) is 26.2 Å². The Hall–Kier alpha value is -0.240. The fraction of sp³-hybridized carbons (Fsp3) is 1.00. The van der Waals surface area contributed by atoms with Crippen molar-refractivity contribution in [3.05, 3.63) is 0 Å². The molecule has 0 fully saturated rings. The van der Waals surface area contributed by atoms with Crippen molar-refractivity contribution < 1.29 is 20.4 Å². The number of aliphatic hydroxyl groups is 4. The van der Waals surface area contributed by atoms with E-state index in [4.69, 9.17) is 0 Å². The first-order valence-electron chi connectivity index (χ1n) is 11.9. The Balaban J connectivity index is 0. The molecule has 0 heterocycles. The van der Waals surface area contributed by atoms with Crippen molar-refractivity contribution in [1.29, 1.82) is 0 Å². The van der Waals surface area contributed by atoms with E-state index in [1.807, 2.05) is 27.7 Å². The first-order valence-corrected chi connectivity index (χ1v) is 11.9. The lowest BCUT2D eigenvalue weighted by atomic mass is 10.0. The Morgan fingerprint density at radius 2 is 0.600 bits per heavy atom. The lowest BCUT2D eigenvalue weighted by molar-refractivity contribution is 0.0740. The van der Waals surface area contributed by atoms with Crippen molar-refractivity contribution in [2.75, 3.05) is 39.3 Å². The van der Waals surface area contributed by atoms with Gasteiger partial charge in [-0.25, -0.2) is 0 Å². The highest BCUT2D eigenvalue weighted by atomic mass is 16.3. The molecule has 0 spiro atoms. The van der Waals surface area contributed by atoms with Gasteiger partial charge in [-0.1, -0.05) is 41.5 Å². The predicted molar refractivity (Wildman–Crippen MR) is 128 cm³/mol. The van der Waals surface area contributed by atoms with Gasteiger partial charge in [-0.3, -0.25) is 0 Å². The average molecular weight is 435 g/mol. The minimum atomic E-state index is -0.263. The highest BCUT2D eigenvalue weighted by molar-refractivity contribution is 4.71. The molecule has 6 nitrogen and oxygen atoms in total. The Bertz CT molecular complexity index is 323. The lowest BCUT2D eigenvalue weighted by Crippen LogP contribution is -2.37. The van der Waals surface area contributed by atoms with Gasteiger partial charge in [0.05, 0.1) is 24.4 Å². The van der Waals surface area contributed by atoms with Crippen LogP contribution in [-0.4, -0.2) is 93.9 Å². The van der Waals surface area contributed by atoms with Gasteiger partial charge >= 0.3 is 0 Å².